The first kappa shape index (κ1) is 21.1. The minimum Gasteiger partial charge on any atom is -0.376 e. The second kappa shape index (κ2) is 8.17. The number of nitrogens with one attached hydrogen (secondary N) is 2. The van der Waals surface area contributed by atoms with Crippen molar-refractivity contribution in [3.05, 3.63) is 58.9 Å². The first-order chi connectivity index (χ1) is 14.3. The fourth-order valence-corrected chi connectivity index (χ4v) is 5.00. The van der Waals surface area contributed by atoms with Gasteiger partial charge in [-0.15, -0.1) is 0 Å². The van der Waals surface area contributed by atoms with Gasteiger partial charge in [0.05, 0.1) is 21.4 Å². The number of anilines is 1. The minimum absolute atomic E-state index is 0.0210. The monoisotopic (exact) mass is 452 g/mol. The maximum absolute atomic E-state index is 13.3. The second-order valence-corrected chi connectivity index (χ2v) is 9.78. The van der Waals surface area contributed by atoms with Crippen molar-refractivity contribution in [3.63, 3.8) is 0 Å². The van der Waals surface area contributed by atoms with Crippen molar-refractivity contribution in [2.24, 2.45) is 0 Å². The molecule has 2 aromatic carbocycles. The summed E-state index contributed by atoms with van der Waals surface area (Å²) >= 11 is 5.68. The Bertz CT molecular complexity index is 1050. The van der Waals surface area contributed by atoms with E-state index in [2.05, 4.69) is 10.0 Å². The predicted octanol–water partition coefficient (Wildman–Crippen LogP) is 3.61. The highest BCUT2D eigenvalue weighted by Gasteiger charge is 2.51. The lowest BCUT2D eigenvalue weighted by molar-refractivity contribution is -0.124. The third-order valence-electron chi connectivity index (χ3n) is 5.59. The van der Waals surface area contributed by atoms with Gasteiger partial charge in [-0.1, -0.05) is 23.7 Å². The van der Waals surface area contributed by atoms with Crippen LogP contribution in [0.25, 0.3) is 0 Å². The molecule has 2 fully saturated rings. The van der Waals surface area contributed by atoms with Crippen LogP contribution in [-0.4, -0.2) is 33.6 Å². The van der Waals surface area contributed by atoms with Crippen LogP contribution in [0.2, 0.25) is 5.02 Å². The van der Waals surface area contributed by atoms with E-state index in [1.165, 1.54) is 0 Å². The molecule has 1 saturated heterocycles. The van der Waals surface area contributed by atoms with Gasteiger partial charge >= 0.3 is 0 Å². The summed E-state index contributed by atoms with van der Waals surface area (Å²) in [7, 11) is -3.91. The van der Waals surface area contributed by atoms with E-state index in [0.29, 0.717) is 12.2 Å². The summed E-state index contributed by atoms with van der Waals surface area (Å²) in [6.45, 7) is 1.26. The van der Waals surface area contributed by atoms with Gasteiger partial charge in [0.15, 0.2) is 0 Å². The Morgan fingerprint density at radius 2 is 1.93 bits per heavy atom. The van der Waals surface area contributed by atoms with E-state index in [0.717, 1.165) is 56.1 Å². The molecule has 160 valence electrons. The van der Waals surface area contributed by atoms with Crippen LogP contribution >= 0.6 is 11.6 Å². The van der Waals surface area contributed by atoms with Gasteiger partial charge in [-0.2, -0.15) is 0 Å². The van der Waals surface area contributed by atoms with Crippen LogP contribution in [-0.2, 0) is 25.0 Å². The predicted molar refractivity (Wildman–Crippen MR) is 112 cm³/mol. The number of rotatable bonds is 7. The first-order valence-corrected chi connectivity index (χ1v) is 11.6. The van der Waals surface area contributed by atoms with Crippen molar-refractivity contribution in [2.45, 2.75) is 42.1 Å². The topological polar surface area (TPSA) is 84.5 Å². The standard InChI is InChI=1S/C21H22ClFN2O4S/c22-18-12-17(7-8-19(18)23)30(27,28)25-15-5-3-14(4-6-15)21(9-10-21)20(26)24-13-16-2-1-11-29-16/h3-8,12,16,25H,1-2,9-11,13H2,(H,24,26)/t16-/m0/s1. The van der Waals surface area contributed by atoms with Gasteiger partial charge in [0, 0.05) is 18.8 Å². The average Bonchev–Trinajstić information content (AvgIpc) is 3.36. The summed E-state index contributed by atoms with van der Waals surface area (Å²) in [5.41, 5.74) is 0.635. The normalized spacial score (nSPS) is 20.0. The van der Waals surface area contributed by atoms with Gasteiger partial charge in [0.1, 0.15) is 5.82 Å². The Morgan fingerprint density at radius 1 is 1.20 bits per heavy atom. The molecule has 30 heavy (non-hydrogen) atoms. The third kappa shape index (κ3) is 4.31. The van der Waals surface area contributed by atoms with Crippen molar-refractivity contribution >= 4 is 33.2 Å². The van der Waals surface area contributed by atoms with Crippen molar-refractivity contribution in [3.8, 4) is 0 Å². The van der Waals surface area contributed by atoms with E-state index < -0.39 is 21.3 Å². The van der Waals surface area contributed by atoms with Gasteiger partial charge < -0.3 is 10.1 Å². The van der Waals surface area contributed by atoms with E-state index in [1.54, 1.807) is 24.3 Å². The molecule has 2 aromatic rings. The number of ether oxygens (including phenoxy) is 1. The molecule has 0 aromatic heterocycles. The van der Waals surface area contributed by atoms with Crippen LogP contribution in [0.3, 0.4) is 0 Å². The second-order valence-electron chi connectivity index (χ2n) is 7.69. The van der Waals surface area contributed by atoms with E-state index in [4.69, 9.17) is 16.3 Å². The van der Waals surface area contributed by atoms with Crippen molar-refractivity contribution in [1.29, 1.82) is 0 Å². The van der Waals surface area contributed by atoms with Crippen molar-refractivity contribution in [1.82, 2.24) is 5.32 Å². The number of benzene rings is 2. The highest BCUT2D eigenvalue weighted by Crippen LogP contribution is 2.48. The fraction of sp³-hybridized carbons (Fsp3) is 0.381. The molecule has 1 amide bonds. The van der Waals surface area contributed by atoms with Gasteiger partial charge in [-0.3, -0.25) is 9.52 Å². The number of hydrogen-bond acceptors (Lipinski definition) is 4. The molecule has 6 nitrogen and oxygen atoms in total. The van der Waals surface area contributed by atoms with E-state index in [9.17, 15) is 17.6 Å². The number of carbonyl (C=O) groups is 1. The molecule has 2 aliphatic rings. The molecule has 1 aliphatic heterocycles. The lowest BCUT2D eigenvalue weighted by atomic mass is 9.94. The summed E-state index contributed by atoms with van der Waals surface area (Å²) in [5, 5.41) is 2.73. The summed E-state index contributed by atoms with van der Waals surface area (Å²) in [6.07, 6.45) is 3.57. The van der Waals surface area contributed by atoms with E-state index in [1.807, 2.05) is 0 Å². The quantitative estimate of drug-likeness (QED) is 0.672. The molecular weight excluding hydrogens is 431 g/mol. The van der Waals surface area contributed by atoms with Crippen LogP contribution in [0.5, 0.6) is 0 Å². The summed E-state index contributed by atoms with van der Waals surface area (Å²) in [6, 6.07) is 9.96. The number of amides is 1. The zero-order chi connectivity index (χ0) is 21.4. The first-order valence-electron chi connectivity index (χ1n) is 9.78. The third-order valence-corrected chi connectivity index (χ3v) is 7.26. The zero-order valence-electron chi connectivity index (χ0n) is 16.2. The SMILES string of the molecule is O=C(NC[C@@H]1CCCO1)C1(c2ccc(NS(=O)(=O)c3ccc(F)c(Cl)c3)cc2)CC1. The number of carbonyl (C=O) groups excluding carboxylic acids is 1. The molecular formula is C21H22ClFN2O4S. The lowest BCUT2D eigenvalue weighted by Crippen LogP contribution is -2.39. The number of halogens is 2. The molecule has 0 radical (unpaired) electrons. The molecule has 2 N–H and O–H groups in total. The highest BCUT2D eigenvalue weighted by atomic mass is 35.5. The van der Waals surface area contributed by atoms with Crippen LogP contribution in [0, 0.1) is 5.82 Å². The maximum atomic E-state index is 13.3. The number of hydrogen-bond donors (Lipinski definition) is 2. The van der Waals surface area contributed by atoms with Crippen molar-refractivity contribution in [2.75, 3.05) is 17.9 Å². The van der Waals surface area contributed by atoms with Gasteiger partial charge in [-0.05, 0) is 61.6 Å². The number of sulfonamides is 1. The van der Waals surface area contributed by atoms with Gasteiger partial charge in [0.25, 0.3) is 10.0 Å². The molecule has 1 atom stereocenters. The highest BCUT2D eigenvalue weighted by molar-refractivity contribution is 7.92. The lowest BCUT2D eigenvalue weighted by Gasteiger charge is -2.18. The van der Waals surface area contributed by atoms with Crippen LogP contribution < -0.4 is 10.0 Å². The molecule has 9 heteroatoms. The smallest absolute Gasteiger partial charge is 0.261 e. The Labute approximate surface area is 179 Å². The van der Waals surface area contributed by atoms with Crippen LogP contribution in [0.4, 0.5) is 10.1 Å². The van der Waals surface area contributed by atoms with Crippen LogP contribution in [0.1, 0.15) is 31.2 Å². The Morgan fingerprint density at radius 3 is 2.53 bits per heavy atom. The molecule has 1 saturated carbocycles. The van der Waals surface area contributed by atoms with E-state index >= 15 is 0 Å². The molecule has 1 heterocycles. The molecule has 0 spiro atoms. The Hall–Kier alpha value is -2.16. The Kier molecular flexibility index (Phi) is 5.74. The summed E-state index contributed by atoms with van der Waals surface area (Å²) in [5.74, 6) is -0.709. The maximum Gasteiger partial charge on any atom is 0.261 e. The molecule has 0 bridgehead atoms. The van der Waals surface area contributed by atoms with Crippen molar-refractivity contribution < 1.29 is 22.3 Å². The largest absolute Gasteiger partial charge is 0.376 e. The fourth-order valence-electron chi connectivity index (χ4n) is 3.67. The van der Waals surface area contributed by atoms with E-state index in [-0.39, 0.29) is 21.9 Å². The minimum atomic E-state index is -3.91. The molecule has 1 aliphatic carbocycles. The molecule has 0 unspecified atom stereocenters. The van der Waals surface area contributed by atoms with Crippen LogP contribution in [0.15, 0.2) is 47.4 Å². The molecule has 4 rings (SSSR count). The van der Waals surface area contributed by atoms with Gasteiger partial charge in [-0.25, -0.2) is 12.8 Å². The zero-order valence-corrected chi connectivity index (χ0v) is 17.7. The average molecular weight is 453 g/mol. The summed E-state index contributed by atoms with van der Waals surface area (Å²) < 4.78 is 46.3. The summed E-state index contributed by atoms with van der Waals surface area (Å²) in [4.78, 5) is 12.6. The van der Waals surface area contributed by atoms with Gasteiger partial charge in [0.2, 0.25) is 5.91 Å². The Balaban J connectivity index is 1.43.